The van der Waals surface area contributed by atoms with Crippen LogP contribution < -0.4 is 10.6 Å². The molecule has 1 aliphatic heterocycles. The van der Waals surface area contributed by atoms with Crippen LogP contribution in [0, 0.1) is 0 Å². The molecule has 0 spiro atoms. The van der Waals surface area contributed by atoms with E-state index in [0.29, 0.717) is 11.9 Å². The Morgan fingerprint density at radius 1 is 1.16 bits per heavy atom. The minimum absolute atomic E-state index is 0.144. The molecule has 3 rings (SSSR count). The van der Waals surface area contributed by atoms with Crippen LogP contribution in [0.15, 0.2) is 30.3 Å². The maximum absolute atomic E-state index is 5.81. The van der Waals surface area contributed by atoms with Crippen LogP contribution in [0.5, 0.6) is 0 Å². The van der Waals surface area contributed by atoms with E-state index in [0.717, 1.165) is 19.5 Å². The first-order valence-electron chi connectivity index (χ1n) is 6.19. The molecule has 0 radical (unpaired) electrons. The van der Waals surface area contributed by atoms with Crippen LogP contribution in [0.3, 0.4) is 0 Å². The van der Waals surface area contributed by atoms with Crippen molar-refractivity contribution in [2.75, 3.05) is 23.7 Å². The zero-order chi connectivity index (χ0) is 13.2. The Labute approximate surface area is 116 Å². The highest BCUT2D eigenvalue weighted by Crippen LogP contribution is 2.29. The molecular weight excluding hydrogens is 262 g/mol. The number of halogens is 1. The third-order valence-electron chi connectivity index (χ3n) is 3.36. The number of aromatic nitrogens is 3. The van der Waals surface area contributed by atoms with Crippen molar-refractivity contribution in [1.29, 1.82) is 0 Å². The predicted octanol–water partition coefficient (Wildman–Crippen LogP) is 2.10. The van der Waals surface area contributed by atoms with Crippen molar-refractivity contribution >= 4 is 23.5 Å². The van der Waals surface area contributed by atoms with Gasteiger partial charge in [0.2, 0.25) is 17.2 Å². The normalized spacial score (nSPS) is 18.8. The summed E-state index contributed by atoms with van der Waals surface area (Å²) in [5, 5.41) is 0.144. The van der Waals surface area contributed by atoms with E-state index in [1.807, 2.05) is 6.07 Å². The average molecular weight is 276 g/mol. The molecule has 1 aromatic carbocycles. The molecule has 0 bridgehead atoms. The summed E-state index contributed by atoms with van der Waals surface area (Å²) in [6.45, 7) is 1.78. The third kappa shape index (κ3) is 2.61. The summed E-state index contributed by atoms with van der Waals surface area (Å²) in [4.78, 5) is 14.2. The quantitative estimate of drug-likeness (QED) is 0.909. The minimum atomic E-state index is 0.144. The Morgan fingerprint density at radius 3 is 2.68 bits per heavy atom. The van der Waals surface area contributed by atoms with Crippen molar-refractivity contribution < 1.29 is 0 Å². The number of hydrogen-bond acceptors (Lipinski definition) is 5. The molecule has 0 aliphatic carbocycles. The molecule has 6 heteroatoms. The first kappa shape index (κ1) is 12.2. The topological polar surface area (TPSA) is 67.9 Å². The van der Waals surface area contributed by atoms with Gasteiger partial charge in [0.15, 0.2) is 0 Å². The van der Waals surface area contributed by atoms with Crippen molar-refractivity contribution in [3.05, 3.63) is 41.2 Å². The number of nitrogens with zero attached hydrogens (tertiary/aromatic N) is 4. The first-order chi connectivity index (χ1) is 9.22. The maximum atomic E-state index is 5.81. The maximum Gasteiger partial charge on any atom is 0.231 e. The lowest BCUT2D eigenvalue weighted by Gasteiger charge is -2.16. The van der Waals surface area contributed by atoms with E-state index in [2.05, 4.69) is 44.1 Å². The Kier molecular flexibility index (Phi) is 3.21. The van der Waals surface area contributed by atoms with Crippen LogP contribution in [-0.2, 0) is 0 Å². The lowest BCUT2D eigenvalue weighted by atomic mass is 9.99. The van der Waals surface area contributed by atoms with Crippen LogP contribution >= 0.6 is 11.6 Å². The molecule has 1 aliphatic rings. The van der Waals surface area contributed by atoms with Gasteiger partial charge in [-0.2, -0.15) is 15.0 Å². The van der Waals surface area contributed by atoms with Crippen LogP contribution in [0.1, 0.15) is 17.9 Å². The van der Waals surface area contributed by atoms with Gasteiger partial charge in [-0.25, -0.2) is 0 Å². The van der Waals surface area contributed by atoms with Crippen molar-refractivity contribution in [3.8, 4) is 0 Å². The largest absolute Gasteiger partial charge is 0.368 e. The van der Waals surface area contributed by atoms with Gasteiger partial charge in [0.05, 0.1) is 0 Å². The summed E-state index contributed by atoms with van der Waals surface area (Å²) >= 11 is 5.81. The highest BCUT2D eigenvalue weighted by molar-refractivity contribution is 6.28. The number of nitrogens with two attached hydrogens (primary N) is 1. The zero-order valence-corrected chi connectivity index (χ0v) is 11.1. The van der Waals surface area contributed by atoms with E-state index in [1.165, 1.54) is 5.56 Å². The first-order valence-corrected chi connectivity index (χ1v) is 6.57. The average Bonchev–Trinajstić information content (AvgIpc) is 2.88. The smallest absolute Gasteiger partial charge is 0.231 e. The number of rotatable bonds is 2. The molecule has 1 aromatic heterocycles. The van der Waals surface area contributed by atoms with E-state index >= 15 is 0 Å². The summed E-state index contributed by atoms with van der Waals surface area (Å²) < 4.78 is 0. The Bertz CT molecular complexity index is 554. The molecule has 5 nitrogen and oxygen atoms in total. The van der Waals surface area contributed by atoms with Gasteiger partial charge in [-0.05, 0) is 23.6 Å². The monoisotopic (exact) mass is 275 g/mol. The van der Waals surface area contributed by atoms with Crippen LogP contribution in [0.25, 0.3) is 0 Å². The van der Waals surface area contributed by atoms with Crippen molar-refractivity contribution in [1.82, 2.24) is 15.0 Å². The highest BCUT2D eigenvalue weighted by atomic mass is 35.5. The lowest BCUT2D eigenvalue weighted by molar-refractivity contribution is 0.772. The molecule has 1 unspecified atom stereocenters. The lowest BCUT2D eigenvalue weighted by Crippen LogP contribution is -2.22. The standard InChI is InChI=1S/C13H14ClN5/c14-11-16-12(15)18-13(17-11)19-7-6-10(8-19)9-4-2-1-3-5-9/h1-5,10H,6-8H2,(H2,15,16,17,18). The van der Waals surface area contributed by atoms with Gasteiger partial charge in [-0.1, -0.05) is 30.3 Å². The molecule has 98 valence electrons. The molecule has 2 aromatic rings. The molecule has 1 saturated heterocycles. The van der Waals surface area contributed by atoms with Gasteiger partial charge in [0, 0.05) is 19.0 Å². The van der Waals surface area contributed by atoms with Gasteiger partial charge in [-0.15, -0.1) is 0 Å². The van der Waals surface area contributed by atoms with Crippen molar-refractivity contribution in [2.45, 2.75) is 12.3 Å². The predicted molar refractivity (Wildman–Crippen MR) is 75.3 cm³/mol. The van der Waals surface area contributed by atoms with Gasteiger partial charge in [-0.3, -0.25) is 0 Å². The second-order valence-electron chi connectivity index (χ2n) is 4.60. The molecule has 1 fully saturated rings. The van der Waals surface area contributed by atoms with Crippen molar-refractivity contribution in [3.63, 3.8) is 0 Å². The summed E-state index contributed by atoms with van der Waals surface area (Å²) in [5.74, 6) is 1.23. The van der Waals surface area contributed by atoms with E-state index in [1.54, 1.807) is 0 Å². The zero-order valence-electron chi connectivity index (χ0n) is 10.3. The Balaban J connectivity index is 1.79. The van der Waals surface area contributed by atoms with Gasteiger partial charge in [0.25, 0.3) is 0 Å². The summed E-state index contributed by atoms with van der Waals surface area (Å²) in [6.07, 6.45) is 1.08. The van der Waals surface area contributed by atoms with Crippen molar-refractivity contribution in [2.24, 2.45) is 0 Å². The summed E-state index contributed by atoms with van der Waals surface area (Å²) in [7, 11) is 0. The molecule has 2 heterocycles. The Hall–Kier alpha value is -1.88. The van der Waals surface area contributed by atoms with E-state index < -0.39 is 0 Å². The number of nitrogen functional groups attached to an aromatic ring is 1. The molecule has 19 heavy (non-hydrogen) atoms. The fourth-order valence-corrected chi connectivity index (χ4v) is 2.60. The van der Waals surface area contributed by atoms with Crippen LogP contribution in [0.2, 0.25) is 5.28 Å². The number of anilines is 2. The molecule has 0 saturated carbocycles. The highest BCUT2D eigenvalue weighted by Gasteiger charge is 2.26. The molecule has 2 N–H and O–H groups in total. The Morgan fingerprint density at radius 2 is 1.95 bits per heavy atom. The van der Waals surface area contributed by atoms with E-state index in [-0.39, 0.29) is 11.2 Å². The van der Waals surface area contributed by atoms with Gasteiger partial charge < -0.3 is 10.6 Å². The SMILES string of the molecule is Nc1nc(Cl)nc(N2CCC(c3ccccc3)C2)n1. The van der Waals surface area contributed by atoms with E-state index in [9.17, 15) is 0 Å². The molecule has 0 amide bonds. The number of benzene rings is 1. The van der Waals surface area contributed by atoms with Crippen LogP contribution in [0.4, 0.5) is 11.9 Å². The molecule has 1 atom stereocenters. The van der Waals surface area contributed by atoms with Gasteiger partial charge in [0.1, 0.15) is 0 Å². The minimum Gasteiger partial charge on any atom is -0.368 e. The third-order valence-corrected chi connectivity index (χ3v) is 3.52. The van der Waals surface area contributed by atoms with Gasteiger partial charge >= 0.3 is 0 Å². The van der Waals surface area contributed by atoms with E-state index in [4.69, 9.17) is 17.3 Å². The summed E-state index contributed by atoms with van der Waals surface area (Å²) in [6, 6.07) is 10.5. The summed E-state index contributed by atoms with van der Waals surface area (Å²) in [5.41, 5.74) is 6.94. The fourth-order valence-electron chi connectivity index (χ4n) is 2.44. The van der Waals surface area contributed by atoms with Crippen LogP contribution in [-0.4, -0.2) is 28.0 Å². The molecular formula is C13H14ClN5. The number of hydrogen-bond donors (Lipinski definition) is 1. The second kappa shape index (κ2) is 5.01. The second-order valence-corrected chi connectivity index (χ2v) is 4.94. The fraction of sp³-hybridized carbons (Fsp3) is 0.308.